The van der Waals surface area contributed by atoms with E-state index in [9.17, 15) is 14.9 Å². The molecule has 1 aliphatic rings. The van der Waals surface area contributed by atoms with Gasteiger partial charge < -0.3 is 5.32 Å². The Kier molecular flexibility index (Phi) is 5.47. The number of imide groups is 1. The van der Waals surface area contributed by atoms with E-state index in [0.29, 0.717) is 25.1 Å². The Bertz CT molecular complexity index is 648. The minimum Gasteiger partial charge on any atom is -0.338 e. The number of rotatable bonds is 4. The zero-order valence-corrected chi connectivity index (χ0v) is 13.3. The van der Waals surface area contributed by atoms with Crippen LogP contribution in [0.15, 0.2) is 35.3 Å². The van der Waals surface area contributed by atoms with Crippen LogP contribution in [0.2, 0.25) is 0 Å². The smallest absolute Gasteiger partial charge is 0.338 e. The molecular formula is C17H20N4O2. The van der Waals surface area contributed by atoms with Crippen molar-refractivity contribution in [2.24, 2.45) is 10.9 Å². The van der Waals surface area contributed by atoms with Crippen LogP contribution >= 0.6 is 0 Å². The van der Waals surface area contributed by atoms with E-state index in [1.165, 1.54) is 0 Å². The Morgan fingerprint density at radius 1 is 1.39 bits per heavy atom. The summed E-state index contributed by atoms with van der Waals surface area (Å²) in [6, 6.07) is 10.4. The average Bonchev–Trinajstić information content (AvgIpc) is 2.53. The predicted molar refractivity (Wildman–Crippen MR) is 87.1 cm³/mol. The molecule has 0 saturated carbocycles. The van der Waals surface area contributed by atoms with E-state index < -0.39 is 24.0 Å². The second kappa shape index (κ2) is 7.54. The fourth-order valence-electron chi connectivity index (χ4n) is 2.75. The van der Waals surface area contributed by atoms with Crippen molar-refractivity contribution in [3.05, 3.63) is 35.9 Å². The average molecular weight is 312 g/mol. The largest absolute Gasteiger partial charge is 0.351 e. The normalized spacial score (nSPS) is 20.7. The van der Waals surface area contributed by atoms with Crippen LogP contribution in [0.5, 0.6) is 0 Å². The maximum absolute atomic E-state index is 12.2. The van der Waals surface area contributed by atoms with Crippen LogP contribution < -0.4 is 5.32 Å². The molecule has 23 heavy (non-hydrogen) atoms. The molecule has 6 heteroatoms. The summed E-state index contributed by atoms with van der Waals surface area (Å²) in [6.07, 6.45) is 1.21. The fourth-order valence-corrected chi connectivity index (χ4v) is 2.75. The van der Waals surface area contributed by atoms with Gasteiger partial charge in [-0.3, -0.25) is 0 Å². The van der Waals surface area contributed by atoms with Crippen LogP contribution in [0.4, 0.5) is 9.59 Å². The van der Waals surface area contributed by atoms with E-state index in [4.69, 9.17) is 0 Å². The lowest BCUT2D eigenvalue weighted by Gasteiger charge is -2.35. The van der Waals surface area contributed by atoms with Crippen molar-refractivity contribution in [2.75, 3.05) is 6.54 Å². The van der Waals surface area contributed by atoms with Crippen LogP contribution in [-0.2, 0) is 6.42 Å². The third-order valence-electron chi connectivity index (χ3n) is 3.90. The van der Waals surface area contributed by atoms with Crippen LogP contribution in [0, 0.1) is 17.2 Å². The molecular weight excluding hydrogens is 292 g/mol. The Morgan fingerprint density at radius 3 is 2.70 bits per heavy atom. The molecule has 0 spiro atoms. The number of carbonyl (C=O) groups is 2. The standard InChI is InChI=1S/C17H20N4O2/c1-3-19-16(22)21-15(10-9-13-7-5-4-6-8-13)14(11-18)12(2)20-17(21)23/h4-8,14-15H,3,9-10H2,1-2H3,(H,19,22). The number of carbonyl (C=O) groups excluding carboxylic acids is 2. The summed E-state index contributed by atoms with van der Waals surface area (Å²) in [6.45, 7) is 3.85. The van der Waals surface area contributed by atoms with Gasteiger partial charge in [-0.2, -0.15) is 5.26 Å². The van der Waals surface area contributed by atoms with Gasteiger partial charge in [-0.1, -0.05) is 30.3 Å². The third-order valence-corrected chi connectivity index (χ3v) is 3.90. The van der Waals surface area contributed by atoms with Crippen molar-refractivity contribution >= 4 is 17.8 Å². The summed E-state index contributed by atoms with van der Waals surface area (Å²) in [5.74, 6) is -0.570. The first kappa shape index (κ1) is 16.7. The topological polar surface area (TPSA) is 85.6 Å². The number of nitrogens with zero attached hydrogens (tertiary/aromatic N) is 3. The van der Waals surface area contributed by atoms with E-state index in [0.717, 1.165) is 10.5 Å². The minimum atomic E-state index is -0.599. The number of hydrogen-bond donors (Lipinski definition) is 1. The van der Waals surface area contributed by atoms with E-state index >= 15 is 0 Å². The minimum absolute atomic E-state index is 0.411. The molecule has 2 unspecified atom stereocenters. The number of aliphatic imine (C=N–C) groups is 1. The molecule has 1 aliphatic heterocycles. The van der Waals surface area contributed by atoms with Crippen molar-refractivity contribution in [3.8, 4) is 6.07 Å². The van der Waals surface area contributed by atoms with Crippen molar-refractivity contribution in [1.82, 2.24) is 10.2 Å². The summed E-state index contributed by atoms with van der Waals surface area (Å²) in [5, 5.41) is 12.1. The van der Waals surface area contributed by atoms with E-state index in [1.54, 1.807) is 13.8 Å². The van der Waals surface area contributed by atoms with Gasteiger partial charge in [-0.25, -0.2) is 19.5 Å². The molecule has 1 aromatic rings. The molecule has 0 saturated heterocycles. The summed E-state index contributed by atoms with van der Waals surface area (Å²) < 4.78 is 0. The highest BCUT2D eigenvalue weighted by Gasteiger charge is 2.40. The molecule has 0 radical (unpaired) electrons. The Balaban J connectivity index is 2.25. The molecule has 0 aromatic heterocycles. The molecule has 1 N–H and O–H groups in total. The number of nitrogens with one attached hydrogen (secondary N) is 1. The number of amides is 4. The molecule has 6 nitrogen and oxygen atoms in total. The van der Waals surface area contributed by atoms with Crippen molar-refractivity contribution < 1.29 is 9.59 Å². The first-order valence-corrected chi connectivity index (χ1v) is 7.68. The molecule has 2 atom stereocenters. The lowest BCUT2D eigenvalue weighted by atomic mass is 9.89. The molecule has 0 bridgehead atoms. The first-order valence-electron chi connectivity index (χ1n) is 7.68. The maximum Gasteiger partial charge on any atom is 0.351 e. The van der Waals surface area contributed by atoms with Crippen LogP contribution in [0.25, 0.3) is 0 Å². The fraction of sp³-hybridized carbons (Fsp3) is 0.412. The van der Waals surface area contributed by atoms with E-state index in [-0.39, 0.29) is 0 Å². The quantitative estimate of drug-likeness (QED) is 0.927. The van der Waals surface area contributed by atoms with Gasteiger partial charge in [0.05, 0.1) is 12.1 Å². The zero-order valence-electron chi connectivity index (χ0n) is 13.3. The molecule has 4 amide bonds. The lowest BCUT2D eigenvalue weighted by Crippen LogP contribution is -2.55. The van der Waals surface area contributed by atoms with Gasteiger partial charge >= 0.3 is 12.1 Å². The van der Waals surface area contributed by atoms with Crippen LogP contribution in [0.3, 0.4) is 0 Å². The number of benzene rings is 1. The molecule has 2 rings (SSSR count). The van der Waals surface area contributed by atoms with Gasteiger partial charge in [0.2, 0.25) is 0 Å². The highest BCUT2D eigenvalue weighted by Crippen LogP contribution is 2.24. The Labute approximate surface area is 135 Å². The SMILES string of the molecule is CCNC(=O)N1C(=O)N=C(C)C(C#N)C1CCc1ccccc1. The summed E-state index contributed by atoms with van der Waals surface area (Å²) in [5.41, 5.74) is 1.57. The Morgan fingerprint density at radius 2 is 2.09 bits per heavy atom. The highest BCUT2D eigenvalue weighted by molar-refractivity contribution is 6.05. The van der Waals surface area contributed by atoms with Gasteiger partial charge in [0.25, 0.3) is 0 Å². The summed E-state index contributed by atoms with van der Waals surface area (Å²) in [7, 11) is 0. The third kappa shape index (κ3) is 3.75. The first-order chi connectivity index (χ1) is 11.1. The van der Waals surface area contributed by atoms with Gasteiger partial charge in [0.1, 0.15) is 5.92 Å². The van der Waals surface area contributed by atoms with Gasteiger partial charge in [0.15, 0.2) is 0 Å². The predicted octanol–water partition coefficient (Wildman–Crippen LogP) is 2.75. The monoisotopic (exact) mass is 312 g/mol. The summed E-state index contributed by atoms with van der Waals surface area (Å²) >= 11 is 0. The molecule has 1 heterocycles. The van der Waals surface area contributed by atoms with E-state index in [1.807, 2.05) is 30.3 Å². The highest BCUT2D eigenvalue weighted by atomic mass is 16.2. The molecule has 0 fully saturated rings. The van der Waals surface area contributed by atoms with Gasteiger partial charge in [0, 0.05) is 12.3 Å². The van der Waals surface area contributed by atoms with Gasteiger partial charge in [-0.15, -0.1) is 0 Å². The number of hydrogen-bond acceptors (Lipinski definition) is 3. The molecule has 120 valence electrons. The number of aryl methyl sites for hydroxylation is 1. The van der Waals surface area contributed by atoms with Crippen LogP contribution in [0.1, 0.15) is 25.8 Å². The van der Waals surface area contributed by atoms with E-state index in [2.05, 4.69) is 16.4 Å². The lowest BCUT2D eigenvalue weighted by molar-refractivity contribution is 0.164. The second-order valence-electron chi connectivity index (χ2n) is 5.44. The van der Waals surface area contributed by atoms with Crippen molar-refractivity contribution in [3.63, 3.8) is 0 Å². The second-order valence-corrected chi connectivity index (χ2v) is 5.44. The Hall–Kier alpha value is -2.68. The maximum atomic E-state index is 12.2. The van der Waals surface area contributed by atoms with Crippen LogP contribution in [-0.4, -0.2) is 35.3 Å². The summed E-state index contributed by atoms with van der Waals surface area (Å²) in [4.78, 5) is 29.3. The number of urea groups is 2. The van der Waals surface area contributed by atoms with Crippen molar-refractivity contribution in [1.29, 1.82) is 5.26 Å². The van der Waals surface area contributed by atoms with Crippen molar-refractivity contribution in [2.45, 2.75) is 32.7 Å². The number of nitriles is 1. The molecule has 1 aromatic carbocycles. The van der Waals surface area contributed by atoms with Gasteiger partial charge in [-0.05, 0) is 32.3 Å². The molecule has 0 aliphatic carbocycles. The zero-order chi connectivity index (χ0) is 16.8.